The van der Waals surface area contributed by atoms with Crippen LogP contribution in [0.25, 0.3) is 0 Å². The van der Waals surface area contributed by atoms with Crippen LogP contribution in [0.5, 0.6) is 0 Å². The van der Waals surface area contributed by atoms with Crippen LogP contribution in [0.4, 0.5) is 4.79 Å². The van der Waals surface area contributed by atoms with Gasteiger partial charge in [-0.1, -0.05) is 0 Å². The number of aliphatic carboxylic acids is 1. The van der Waals surface area contributed by atoms with E-state index < -0.39 is 12.0 Å². The van der Waals surface area contributed by atoms with Crippen molar-refractivity contribution in [2.24, 2.45) is 0 Å². The van der Waals surface area contributed by atoms with Crippen LogP contribution < -0.4 is 5.32 Å². The Labute approximate surface area is 106 Å². The van der Waals surface area contributed by atoms with E-state index in [1.165, 1.54) is 4.90 Å². The van der Waals surface area contributed by atoms with Crippen LogP contribution in [-0.4, -0.2) is 51.8 Å². The molecule has 1 heterocycles. The molecule has 3 N–H and O–H groups in total. The molecule has 2 aliphatic rings. The Balaban J connectivity index is 1.86. The summed E-state index contributed by atoms with van der Waals surface area (Å²) in [4.78, 5) is 24.4. The van der Waals surface area contributed by atoms with Gasteiger partial charge in [0, 0.05) is 12.6 Å². The first-order chi connectivity index (χ1) is 8.58. The lowest BCUT2D eigenvalue weighted by Gasteiger charge is -2.29. The molecule has 0 aromatic carbocycles. The van der Waals surface area contributed by atoms with Crippen LogP contribution >= 0.6 is 0 Å². The highest BCUT2D eigenvalue weighted by atomic mass is 16.4. The van der Waals surface area contributed by atoms with Gasteiger partial charge in [-0.05, 0) is 38.5 Å². The molecule has 1 saturated heterocycles. The highest BCUT2D eigenvalue weighted by Crippen LogP contribution is 2.21. The largest absolute Gasteiger partial charge is 0.480 e. The summed E-state index contributed by atoms with van der Waals surface area (Å²) in [5, 5.41) is 21.3. The van der Waals surface area contributed by atoms with Gasteiger partial charge in [0.1, 0.15) is 6.04 Å². The van der Waals surface area contributed by atoms with Gasteiger partial charge in [0.15, 0.2) is 0 Å². The molecule has 1 unspecified atom stereocenters. The molecule has 0 aromatic rings. The predicted octanol–water partition coefficient (Wildman–Crippen LogP) is 0.548. The summed E-state index contributed by atoms with van der Waals surface area (Å²) in [7, 11) is 0. The normalized spacial score (nSPS) is 32.3. The van der Waals surface area contributed by atoms with Crippen LogP contribution in [-0.2, 0) is 4.79 Å². The standard InChI is InChI=1S/C12H20N2O4/c15-9-5-3-8(4-6-9)13-12(18)14-7-1-2-10(14)11(16)17/h8-10,15H,1-7H2,(H,13,18)(H,16,17). The third-order valence-electron chi connectivity index (χ3n) is 3.82. The van der Waals surface area contributed by atoms with Gasteiger partial charge in [0.2, 0.25) is 0 Å². The Kier molecular flexibility index (Phi) is 4.06. The minimum atomic E-state index is -0.929. The predicted molar refractivity (Wildman–Crippen MR) is 64.2 cm³/mol. The van der Waals surface area contributed by atoms with Crippen molar-refractivity contribution in [1.29, 1.82) is 0 Å². The van der Waals surface area contributed by atoms with Crippen LogP contribution in [0.2, 0.25) is 0 Å². The summed E-state index contributed by atoms with van der Waals surface area (Å²) in [5.41, 5.74) is 0. The Morgan fingerprint density at radius 1 is 1.11 bits per heavy atom. The summed E-state index contributed by atoms with van der Waals surface area (Å²) in [6, 6.07) is -0.892. The van der Waals surface area contributed by atoms with Crippen molar-refractivity contribution in [3.05, 3.63) is 0 Å². The van der Waals surface area contributed by atoms with Crippen molar-refractivity contribution in [3.8, 4) is 0 Å². The molecule has 2 amide bonds. The Morgan fingerprint density at radius 2 is 1.78 bits per heavy atom. The first-order valence-corrected chi connectivity index (χ1v) is 6.56. The number of urea groups is 1. The number of aliphatic hydroxyl groups is 1. The van der Waals surface area contributed by atoms with Crippen molar-refractivity contribution in [3.63, 3.8) is 0 Å². The molecule has 0 aromatic heterocycles. The molecule has 2 rings (SSSR count). The van der Waals surface area contributed by atoms with Crippen molar-refractivity contribution < 1.29 is 19.8 Å². The summed E-state index contributed by atoms with van der Waals surface area (Å²) in [5.74, 6) is -0.929. The highest BCUT2D eigenvalue weighted by molar-refractivity contribution is 5.83. The topological polar surface area (TPSA) is 89.9 Å². The number of likely N-dealkylation sites (tertiary alicyclic amines) is 1. The molecule has 18 heavy (non-hydrogen) atoms. The van der Waals surface area contributed by atoms with Crippen LogP contribution in [0.1, 0.15) is 38.5 Å². The molecular weight excluding hydrogens is 236 g/mol. The number of carbonyl (C=O) groups is 2. The van der Waals surface area contributed by atoms with E-state index >= 15 is 0 Å². The smallest absolute Gasteiger partial charge is 0.326 e. The minimum absolute atomic E-state index is 0.0657. The molecule has 0 bridgehead atoms. The Morgan fingerprint density at radius 3 is 2.39 bits per heavy atom. The molecule has 102 valence electrons. The first-order valence-electron chi connectivity index (χ1n) is 6.56. The van der Waals surface area contributed by atoms with E-state index in [1.807, 2.05) is 0 Å². The van der Waals surface area contributed by atoms with Gasteiger partial charge >= 0.3 is 12.0 Å². The second-order valence-corrected chi connectivity index (χ2v) is 5.14. The van der Waals surface area contributed by atoms with Gasteiger partial charge in [-0.25, -0.2) is 9.59 Å². The number of carbonyl (C=O) groups excluding carboxylic acids is 1. The average Bonchev–Trinajstić information content (AvgIpc) is 2.81. The van der Waals surface area contributed by atoms with E-state index in [2.05, 4.69) is 5.32 Å². The van der Waals surface area contributed by atoms with Crippen molar-refractivity contribution >= 4 is 12.0 Å². The zero-order valence-corrected chi connectivity index (χ0v) is 10.3. The minimum Gasteiger partial charge on any atom is -0.480 e. The lowest BCUT2D eigenvalue weighted by molar-refractivity contribution is -0.141. The molecule has 6 nitrogen and oxygen atoms in total. The summed E-state index contributed by atoms with van der Waals surface area (Å²) in [6.07, 6.45) is 3.95. The fourth-order valence-electron chi connectivity index (χ4n) is 2.74. The summed E-state index contributed by atoms with van der Waals surface area (Å²) >= 11 is 0. The lowest BCUT2D eigenvalue weighted by Crippen LogP contribution is -2.50. The third-order valence-corrected chi connectivity index (χ3v) is 3.82. The summed E-state index contributed by atoms with van der Waals surface area (Å²) < 4.78 is 0. The van der Waals surface area contributed by atoms with E-state index in [-0.39, 0.29) is 18.2 Å². The SMILES string of the molecule is O=C(O)C1CCCN1C(=O)NC1CCC(O)CC1. The third kappa shape index (κ3) is 2.93. The first kappa shape index (κ1) is 13.1. The number of aliphatic hydroxyl groups excluding tert-OH is 1. The maximum absolute atomic E-state index is 12.0. The number of rotatable bonds is 2. The molecule has 6 heteroatoms. The van der Waals surface area contributed by atoms with Gasteiger partial charge in [-0.2, -0.15) is 0 Å². The zero-order valence-electron chi connectivity index (χ0n) is 10.3. The molecule has 1 saturated carbocycles. The number of hydrogen-bond donors (Lipinski definition) is 3. The molecule has 2 fully saturated rings. The van der Waals surface area contributed by atoms with E-state index in [1.54, 1.807) is 0 Å². The molecule has 0 spiro atoms. The van der Waals surface area contributed by atoms with Gasteiger partial charge in [-0.15, -0.1) is 0 Å². The molecule has 1 aliphatic heterocycles. The van der Waals surface area contributed by atoms with E-state index in [0.29, 0.717) is 25.8 Å². The molecule has 0 radical (unpaired) electrons. The number of nitrogens with zero attached hydrogens (tertiary/aromatic N) is 1. The van der Waals surface area contributed by atoms with E-state index in [9.17, 15) is 14.7 Å². The second kappa shape index (κ2) is 5.56. The molecule has 1 atom stereocenters. The Hall–Kier alpha value is -1.30. The second-order valence-electron chi connectivity index (χ2n) is 5.14. The van der Waals surface area contributed by atoms with Crippen LogP contribution in [0.15, 0.2) is 0 Å². The Bertz CT molecular complexity index is 326. The van der Waals surface area contributed by atoms with Crippen molar-refractivity contribution in [2.75, 3.05) is 6.54 Å². The van der Waals surface area contributed by atoms with Gasteiger partial charge in [0.05, 0.1) is 6.10 Å². The maximum atomic E-state index is 12.0. The van der Waals surface area contributed by atoms with E-state index in [0.717, 1.165) is 19.3 Å². The van der Waals surface area contributed by atoms with Gasteiger partial charge in [0.25, 0.3) is 0 Å². The van der Waals surface area contributed by atoms with Crippen LogP contribution in [0, 0.1) is 0 Å². The maximum Gasteiger partial charge on any atom is 0.326 e. The number of carboxylic acids is 1. The average molecular weight is 256 g/mol. The zero-order chi connectivity index (χ0) is 13.1. The van der Waals surface area contributed by atoms with Gasteiger partial charge < -0.3 is 20.4 Å². The monoisotopic (exact) mass is 256 g/mol. The lowest BCUT2D eigenvalue weighted by atomic mass is 9.93. The number of nitrogens with one attached hydrogen (secondary N) is 1. The quantitative estimate of drug-likeness (QED) is 0.673. The van der Waals surface area contributed by atoms with Crippen molar-refractivity contribution in [2.45, 2.75) is 56.7 Å². The fourth-order valence-corrected chi connectivity index (χ4v) is 2.74. The highest BCUT2D eigenvalue weighted by Gasteiger charge is 2.35. The summed E-state index contributed by atoms with van der Waals surface area (Å²) in [6.45, 7) is 0.512. The van der Waals surface area contributed by atoms with Crippen molar-refractivity contribution in [1.82, 2.24) is 10.2 Å². The number of hydrogen-bond acceptors (Lipinski definition) is 3. The van der Waals surface area contributed by atoms with Crippen LogP contribution in [0.3, 0.4) is 0 Å². The number of carboxylic acid groups (broad SMARTS) is 1. The number of amides is 2. The fraction of sp³-hybridized carbons (Fsp3) is 0.833. The molecule has 1 aliphatic carbocycles. The molecular formula is C12H20N2O4. The van der Waals surface area contributed by atoms with E-state index in [4.69, 9.17) is 5.11 Å². The van der Waals surface area contributed by atoms with Gasteiger partial charge in [-0.3, -0.25) is 0 Å².